The van der Waals surface area contributed by atoms with Gasteiger partial charge in [0.1, 0.15) is 23.2 Å². The molecule has 0 aliphatic heterocycles. The van der Waals surface area contributed by atoms with Gasteiger partial charge in [-0.3, -0.25) is 14.9 Å². The monoisotopic (exact) mass is 385 g/mol. The van der Waals surface area contributed by atoms with Crippen molar-refractivity contribution in [3.8, 4) is 0 Å². The van der Waals surface area contributed by atoms with Gasteiger partial charge in [-0.1, -0.05) is 19.9 Å². The highest BCUT2D eigenvalue weighted by Crippen LogP contribution is 2.14. The van der Waals surface area contributed by atoms with Crippen LogP contribution in [0.1, 0.15) is 31.1 Å². The number of imide groups is 1. The lowest BCUT2D eigenvalue weighted by atomic mass is 10.0. The predicted octanol–water partition coefficient (Wildman–Crippen LogP) is 1.11. The lowest BCUT2D eigenvalue weighted by Gasteiger charge is -2.23. The van der Waals surface area contributed by atoms with Crippen LogP contribution in [0.25, 0.3) is 0 Å². The lowest BCUT2D eigenvalue weighted by molar-refractivity contribution is -0.157. The van der Waals surface area contributed by atoms with Crippen LogP contribution < -0.4 is 16.0 Å². The average molecular weight is 385 g/mol. The van der Waals surface area contributed by atoms with E-state index in [9.17, 15) is 28.0 Å². The molecule has 0 bridgehead atoms. The van der Waals surface area contributed by atoms with E-state index in [0.29, 0.717) is 0 Å². The van der Waals surface area contributed by atoms with Gasteiger partial charge in [0, 0.05) is 7.05 Å². The molecule has 148 valence electrons. The molecule has 0 aliphatic carbocycles. The summed E-state index contributed by atoms with van der Waals surface area (Å²) in [4.78, 5) is 47.3. The second-order valence-corrected chi connectivity index (χ2v) is 5.94. The van der Waals surface area contributed by atoms with E-state index in [2.05, 4.69) is 10.6 Å². The standard InChI is InChI=1S/C17H21F2N3O5/c1-8(2)13(16(25)27-9(3)14(23)22-17(26)20-4)21-15(24)12-10(18)6-5-7-11(12)19/h5-9,13H,1-4H3,(H,21,24)(H2,20,22,23,26)/t9-,13+/m1/s1. The fourth-order valence-electron chi connectivity index (χ4n) is 2.00. The van der Waals surface area contributed by atoms with Gasteiger partial charge in [0.15, 0.2) is 6.10 Å². The van der Waals surface area contributed by atoms with Crippen molar-refractivity contribution in [2.45, 2.75) is 32.9 Å². The minimum Gasteiger partial charge on any atom is -0.451 e. The van der Waals surface area contributed by atoms with Crippen molar-refractivity contribution in [2.75, 3.05) is 7.05 Å². The van der Waals surface area contributed by atoms with Crippen LogP contribution >= 0.6 is 0 Å². The summed E-state index contributed by atoms with van der Waals surface area (Å²) in [6.07, 6.45) is -1.34. The molecule has 0 radical (unpaired) electrons. The number of hydrogen-bond donors (Lipinski definition) is 3. The van der Waals surface area contributed by atoms with E-state index in [1.54, 1.807) is 13.8 Å². The highest BCUT2D eigenvalue weighted by Gasteiger charge is 2.31. The first-order valence-corrected chi connectivity index (χ1v) is 8.06. The molecule has 27 heavy (non-hydrogen) atoms. The van der Waals surface area contributed by atoms with Gasteiger partial charge in [0.2, 0.25) is 0 Å². The molecule has 2 atom stereocenters. The Morgan fingerprint density at radius 3 is 2.07 bits per heavy atom. The third-order valence-electron chi connectivity index (χ3n) is 3.52. The quantitative estimate of drug-likeness (QED) is 0.635. The van der Waals surface area contributed by atoms with E-state index < -0.39 is 59.1 Å². The molecule has 3 N–H and O–H groups in total. The van der Waals surface area contributed by atoms with Crippen LogP contribution in [0.15, 0.2) is 18.2 Å². The smallest absolute Gasteiger partial charge is 0.329 e. The van der Waals surface area contributed by atoms with E-state index in [1.807, 2.05) is 5.32 Å². The Hall–Kier alpha value is -3.04. The first kappa shape index (κ1) is 22.0. The summed E-state index contributed by atoms with van der Waals surface area (Å²) in [6.45, 7) is 4.37. The van der Waals surface area contributed by atoms with E-state index in [1.165, 1.54) is 14.0 Å². The molecule has 0 saturated carbocycles. The Kier molecular flexibility index (Phi) is 7.82. The fourth-order valence-corrected chi connectivity index (χ4v) is 2.00. The number of amides is 4. The SMILES string of the molecule is CNC(=O)NC(=O)[C@@H](C)OC(=O)[C@@H](NC(=O)c1c(F)cccc1F)C(C)C. The van der Waals surface area contributed by atoms with Crippen LogP contribution in [0, 0.1) is 17.6 Å². The minimum absolute atomic E-state index is 0.509. The highest BCUT2D eigenvalue weighted by atomic mass is 19.1. The molecule has 0 heterocycles. The summed E-state index contributed by atoms with van der Waals surface area (Å²) in [6, 6.07) is 0.860. The van der Waals surface area contributed by atoms with Crippen molar-refractivity contribution >= 4 is 23.8 Å². The van der Waals surface area contributed by atoms with E-state index in [0.717, 1.165) is 18.2 Å². The van der Waals surface area contributed by atoms with Crippen LogP contribution in [-0.2, 0) is 14.3 Å². The molecule has 0 fully saturated rings. The lowest BCUT2D eigenvalue weighted by Crippen LogP contribution is -2.49. The molecule has 1 rings (SSSR count). The zero-order chi connectivity index (χ0) is 20.7. The van der Waals surface area contributed by atoms with E-state index in [-0.39, 0.29) is 0 Å². The topological polar surface area (TPSA) is 114 Å². The first-order chi connectivity index (χ1) is 12.6. The molecule has 0 unspecified atom stereocenters. The Bertz CT molecular complexity index is 719. The molecule has 8 nitrogen and oxygen atoms in total. The summed E-state index contributed by atoms with van der Waals surface area (Å²) in [5.74, 6) is -5.68. The van der Waals surface area contributed by atoms with Crippen molar-refractivity contribution < 1.29 is 32.7 Å². The molecule has 0 aromatic heterocycles. The maximum absolute atomic E-state index is 13.7. The number of esters is 1. The third kappa shape index (κ3) is 6.01. The van der Waals surface area contributed by atoms with Crippen molar-refractivity contribution in [1.82, 2.24) is 16.0 Å². The number of ether oxygens (including phenoxy) is 1. The zero-order valence-corrected chi connectivity index (χ0v) is 15.3. The maximum atomic E-state index is 13.7. The fraction of sp³-hybridized carbons (Fsp3) is 0.412. The van der Waals surface area contributed by atoms with Crippen molar-refractivity contribution in [1.29, 1.82) is 0 Å². The number of carbonyl (C=O) groups excluding carboxylic acids is 4. The molecule has 10 heteroatoms. The van der Waals surface area contributed by atoms with Crippen LogP contribution in [0.3, 0.4) is 0 Å². The normalized spacial score (nSPS) is 12.7. The van der Waals surface area contributed by atoms with E-state index in [4.69, 9.17) is 4.74 Å². The van der Waals surface area contributed by atoms with Crippen LogP contribution in [-0.4, -0.2) is 43.0 Å². The van der Waals surface area contributed by atoms with Gasteiger partial charge < -0.3 is 15.4 Å². The molecular formula is C17H21F2N3O5. The van der Waals surface area contributed by atoms with Crippen molar-refractivity contribution in [3.05, 3.63) is 35.4 Å². The minimum atomic E-state index is -1.34. The van der Waals surface area contributed by atoms with Gasteiger partial charge in [-0.05, 0) is 25.0 Å². The first-order valence-electron chi connectivity index (χ1n) is 8.06. The maximum Gasteiger partial charge on any atom is 0.329 e. The molecule has 1 aromatic carbocycles. The number of nitrogens with one attached hydrogen (secondary N) is 3. The van der Waals surface area contributed by atoms with Gasteiger partial charge in [-0.15, -0.1) is 0 Å². The Labute approximate surface area is 154 Å². The third-order valence-corrected chi connectivity index (χ3v) is 3.52. The summed E-state index contributed by atoms with van der Waals surface area (Å²) in [7, 11) is 1.30. The Morgan fingerprint density at radius 2 is 1.59 bits per heavy atom. The number of halogens is 2. The number of urea groups is 1. The second-order valence-electron chi connectivity index (χ2n) is 5.94. The van der Waals surface area contributed by atoms with Crippen molar-refractivity contribution in [2.24, 2.45) is 5.92 Å². The Balaban J connectivity index is 2.86. The average Bonchev–Trinajstić information content (AvgIpc) is 2.58. The summed E-state index contributed by atoms with van der Waals surface area (Å²) in [5.41, 5.74) is -0.832. The second kappa shape index (κ2) is 9.60. The molecule has 0 spiro atoms. The summed E-state index contributed by atoms with van der Waals surface area (Å²) in [5, 5.41) is 6.30. The van der Waals surface area contributed by atoms with Crippen LogP contribution in [0.2, 0.25) is 0 Å². The molecule has 4 amide bonds. The van der Waals surface area contributed by atoms with Gasteiger partial charge in [-0.25, -0.2) is 18.4 Å². The van der Waals surface area contributed by atoms with Gasteiger partial charge in [0.05, 0.1) is 0 Å². The number of hydrogen-bond acceptors (Lipinski definition) is 5. The van der Waals surface area contributed by atoms with Gasteiger partial charge in [-0.2, -0.15) is 0 Å². The van der Waals surface area contributed by atoms with Crippen molar-refractivity contribution in [3.63, 3.8) is 0 Å². The molecule has 1 aromatic rings. The van der Waals surface area contributed by atoms with E-state index >= 15 is 0 Å². The predicted molar refractivity (Wildman–Crippen MR) is 90.6 cm³/mol. The molecule has 0 saturated heterocycles. The van der Waals surface area contributed by atoms with Crippen LogP contribution in [0.4, 0.5) is 13.6 Å². The Morgan fingerprint density at radius 1 is 1.04 bits per heavy atom. The highest BCUT2D eigenvalue weighted by molar-refractivity contribution is 5.99. The van der Waals surface area contributed by atoms with Gasteiger partial charge >= 0.3 is 12.0 Å². The largest absolute Gasteiger partial charge is 0.451 e. The number of benzene rings is 1. The zero-order valence-electron chi connectivity index (χ0n) is 15.3. The number of rotatable bonds is 6. The van der Waals surface area contributed by atoms with Crippen LogP contribution in [0.5, 0.6) is 0 Å². The number of carbonyl (C=O) groups is 4. The molecule has 0 aliphatic rings. The van der Waals surface area contributed by atoms with Gasteiger partial charge in [0.25, 0.3) is 11.8 Å². The summed E-state index contributed by atoms with van der Waals surface area (Å²) >= 11 is 0. The molecular weight excluding hydrogens is 364 g/mol. The summed E-state index contributed by atoms with van der Waals surface area (Å²) < 4.78 is 32.4.